The zero-order valence-electron chi connectivity index (χ0n) is 10.4. The number of carbonyl (C=O) groups is 4. The minimum absolute atomic E-state index is 0.844. The number of aliphatic hydroxyl groups is 3. The molecule has 0 saturated carbocycles. The Bertz CT molecular complexity index is 400. The molecule has 102 valence electrons. The predicted octanol–water partition coefficient (Wildman–Crippen LogP) is -1.83. The summed E-state index contributed by atoms with van der Waals surface area (Å²) in [5, 5.41) is 28.9. The van der Waals surface area contributed by atoms with E-state index in [1.807, 2.05) is 0 Å². The third kappa shape index (κ3) is 2.69. The van der Waals surface area contributed by atoms with E-state index in [4.69, 9.17) is 5.11 Å². The van der Waals surface area contributed by atoms with E-state index in [-0.39, 0.29) is 0 Å². The molecule has 7 nitrogen and oxygen atoms in total. The van der Waals surface area contributed by atoms with E-state index in [1.54, 1.807) is 0 Å². The Kier molecular flexibility index (Phi) is 5.03. The van der Waals surface area contributed by atoms with Gasteiger partial charge < -0.3 is 15.3 Å². The van der Waals surface area contributed by atoms with E-state index in [1.165, 1.54) is 0 Å². The fourth-order valence-corrected chi connectivity index (χ4v) is 1.45. The molecule has 7 heteroatoms. The Labute approximate surface area is 103 Å². The number of hydrogen-bond donors (Lipinski definition) is 3. The van der Waals surface area contributed by atoms with Gasteiger partial charge in [0.25, 0.3) is 0 Å². The second kappa shape index (κ2) is 5.47. The van der Waals surface area contributed by atoms with Crippen molar-refractivity contribution in [2.24, 2.45) is 0 Å². The van der Waals surface area contributed by atoms with E-state index >= 15 is 0 Å². The number of aliphatic hydroxyl groups excluding tert-OH is 1. The van der Waals surface area contributed by atoms with Crippen LogP contribution in [0.4, 0.5) is 0 Å². The second-order valence-electron chi connectivity index (χ2n) is 4.15. The molecular weight excluding hydrogens is 244 g/mol. The molecule has 0 saturated heterocycles. The maximum absolute atomic E-state index is 11.4. The number of carbonyl (C=O) groups excluding carboxylic acids is 4. The van der Waals surface area contributed by atoms with E-state index in [0.29, 0.717) is 0 Å². The van der Waals surface area contributed by atoms with Gasteiger partial charge >= 0.3 is 0 Å². The summed E-state index contributed by atoms with van der Waals surface area (Å²) in [6.45, 7) is 1.37. The van der Waals surface area contributed by atoms with Gasteiger partial charge in [0.2, 0.25) is 5.78 Å². The van der Waals surface area contributed by atoms with Crippen LogP contribution in [0.3, 0.4) is 0 Å². The van der Waals surface area contributed by atoms with Gasteiger partial charge in [-0.1, -0.05) is 0 Å². The summed E-state index contributed by atoms with van der Waals surface area (Å²) < 4.78 is 0. The second-order valence-corrected chi connectivity index (χ2v) is 4.15. The van der Waals surface area contributed by atoms with Crippen molar-refractivity contribution < 1.29 is 34.5 Å². The Balaban J connectivity index is 5.66. The molecule has 0 aliphatic rings. The molecule has 0 bridgehead atoms. The molecule has 0 aliphatic carbocycles. The molecule has 0 aliphatic heterocycles. The third-order valence-corrected chi connectivity index (χ3v) is 2.89. The molecular formula is C11H16O7. The van der Waals surface area contributed by atoms with E-state index in [9.17, 15) is 29.4 Å². The summed E-state index contributed by atoms with van der Waals surface area (Å²) in [5.41, 5.74) is -5.64. The number of ketones is 4. The first-order valence-electron chi connectivity index (χ1n) is 5.14. The molecule has 0 rings (SSSR count). The smallest absolute Gasteiger partial charge is 0.201 e. The van der Waals surface area contributed by atoms with Crippen LogP contribution >= 0.6 is 0 Å². The summed E-state index contributed by atoms with van der Waals surface area (Å²) in [6.07, 6.45) is -1.06. The summed E-state index contributed by atoms with van der Waals surface area (Å²) >= 11 is 0. The SMILES string of the molecule is CC(=O)C(=O)CC(O)(C(C)=O)C(O)(CO)C(C)=O. The highest BCUT2D eigenvalue weighted by Crippen LogP contribution is 2.28. The van der Waals surface area contributed by atoms with Gasteiger partial charge in [0.1, 0.15) is 0 Å². The van der Waals surface area contributed by atoms with Crippen LogP contribution < -0.4 is 0 Å². The van der Waals surface area contributed by atoms with Gasteiger partial charge in [0, 0.05) is 6.92 Å². The minimum Gasteiger partial charge on any atom is -0.393 e. The van der Waals surface area contributed by atoms with Crippen LogP contribution in [0.1, 0.15) is 27.2 Å². The molecule has 0 fully saturated rings. The first kappa shape index (κ1) is 16.6. The molecule has 3 N–H and O–H groups in total. The average Bonchev–Trinajstić information content (AvgIpc) is 2.26. The zero-order valence-corrected chi connectivity index (χ0v) is 10.4. The van der Waals surface area contributed by atoms with Crippen LogP contribution in [0.2, 0.25) is 0 Å². The van der Waals surface area contributed by atoms with Crippen molar-refractivity contribution in [2.45, 2.75) is 38.4 Å². The molecule has 0 aromatic heterocycles. The molecule has 0 aromatic carbocycles. The molecule has 0 heterocycles. The highest BCUT2D eigenvalue weighted by molar-refractivity contribution is 6.37. The van der Waals surface area contributed by atoms with Gasteiger partial charge in [-0.2, -0.15) is 0 Å². The first-order valence-corrected chi connectivity index (χ1v) is 5.14. The van der Waals surface area contributed by atoms with E-state index in [2.05, 4.69) is 0 Å². The average molecular weight is 260 g/mol. The van der Waals surface area contributed by atoms with Crippen molar-refractivity contribution >= 4 is 23.1 Å². The lowest BCUT2D eigenvalue weighted by Gasteiger charge is -2.38. The topological polar surface area (TPSA) is 129 Å². The molecule has 2 unspecified atom stereocenters. The lowest BCUT2D eigenvalue weighted by Crippen LogP contribution is -2.65. The van der Waals surface area contributed by atoms with Crippen molar-refractivity contribution in [3.8, 4) is 0 Å². The van der Waals surface area contributed by atoms with Crippen LogP contribution in [0.25, 0.3) is 0 Å². The summed E-state index contributed by atoms with van der Waals surface area (Å²) in [4.78, 5) is 44.8. The van der Waals surface area contributed by atoms with Gasteiger partial charge in [-0.05, 0) is 13.8 Å². The van der Waals surface area contributed by atoms with Gasteiger partial charge in [0.15, 0.2) is 28.6 Å². The number of Topliss-reactive ketones (excluding diaryl/α,β-unsaturated/α-hetero) is 4. The zero-order chi connectivity index (χ0) is 14.7. The van der Waals surface area contributed by atoms with Crippen LogP contribution in [-0.4, -0.2) is 56.3 Å². The maximum Gasteiger partial charge on any atom is 0.201 e. The van der Waals surface area contributed by atoms with Crippen LogP contribution in [0.15, 0.2) is 0 Å². The predicted molar refractivity (Wildman–Crippen MR) is 58.7 cm³/mol. The Morgan fingerprint density at radius 2 is 1.28 bits per heavy atom. The lowest BCUT2D eigenvalue weighted by atomic mass is 9.74. The summed E-state index contributed by atoms with van der Waals surface area (Å²) in [6, 6.07) is 0. The summed E-state index contributed by atoms with van der Waals surface area (Å²) in [5.74, 6) is -4.23. The van der Waals surface area contributed by atoms with Gasteiger partial charge in [-0.25, -0.2) is 0 Å². The highest BCUT2D eigenvalue weighted by atomic mass is 16.4. The fourth-order valence-electron chi connectivity index (χ4n) is 1.45. The van der Waals surface area contributed by atoms with Crippen molar-refractivity contribution in [1.29, 1.82) is 0 Å². The Morgan fingerprint density at radius 1 is 0.889 bits per heavy atom. The number of hydrogen-bond acceptors (Lipinski definition) is 7. The number of rotatable bonds is 7. The van der Waals surface area contributed by atoms with Gasteiger partial charge in [-0.15, -0.1) is 0 Å². The van der Waals surface area contributed by atoms with Crippen LogP contribution in [0.5, 0.6) is 0 Å². The molecule has 0 aromatic rings. The largest absolute Gasteiger partial charge is 0.393 e. The molecule has 18 heavy (non-hydrogen) atoms. The standard InChI is InChI=1S/C11H16O7/c1-6(13)9(16)4-10(17,7(2)14)11(18,5-12)8(3)15/h12,17-18H,4-5H2,1-3H3. The highest BCUT2D eigenvalue weighted by Gasteiger charge is 2.57. The Morgan fingerprint density at radius 3 is 1.50 bits per heavy atom. The van der Waals surface area contributed by atoms with Crippen molar-refractivity contribution in [3.05, 3.63) is 0 Å². The van der Waals surface area contributed by atoms with Crippen molar-refractivity contribution in [2.75, 3.05) is 6.61 Å². The normalized spacial score (nSPS) is 17.4. The quantitative estimate of drug-likeness (QED) is 0.459. The summed E-state index contributed by atoms with van der Waals surface area (Å²) in [7, 11) is 0. The van der Waals surface area contributed by atoms with E-state index < -0.39 is 47.4 Å². The Hall–Kier alpha value is -1.44. The van der Waals surface area contributed by atoms with Gasteiger partial charge in [0.05, 0.1) is 13.0 Å². The van der Waals surface area contributed by atoms with Crippen LogP contribution in [0, 0.1) is 0 Å². The lowest BCUT2D eigenvalue weighted by molar-refractivity contribution is -0.190. The minimum atomic E-state index is -2.82. The molecule has 0 amide bonds. The molecule has 0 spiro atoms. The molecule has 0 radical (unpaired) electrons. The van der Waals surface area contributed by atoms with Crippen molar-refractivity contribution in [3.63, 3.8) is 0 Å². The maximum atomic E-state index is 11.4. The fraction of sp³-hybridized carbons (Fsp3) is 0.636. The molecule has 2 atom stereocenters. The third-order valence-electron chi connectivity index (χ3n) is 2.89. The first-order chi connectivity index (χ1) is 8.02. The van der Waals surface area contributed by atoms with E-state index in [0.717, 1.165) is 20.8 Å². The van der Waals surface area contributed by atoms with Gasteiger partial charge in [-0.3, -0.25) is 19.2 Å². The van der Waals surface area contributed by atoms with Crippen molar-refractivity contribution in [1.82, 2.24) is 0 Å². The van der Waals surface area contributed by atoms with Crippen LogP contribution in [-0.2, 0) is 19.2 Å². The monoisotopic (exact) mass is 260 g/mol.